The first kappa shape index (κ1) is 15.1. The Labute approximate surface area is 115 Å². The van der Waals surface area contributed by atoms with E-state index in [1.54, 1.807) is 24.3 Å². The quantitative estimate of drug-likeness (QED) is 0.587. The molecule has 0 heterocycles. The van der Waals surface area contributed by atoms with E-state index >= 15 is 0 Å². The summed E-state index contributed by atoms with van der Waals surface area (Å²) < 4.78 is 0. The fourth-order valence-electron chi connectivity index (χ4n) is 1.43. The minimum absolute atomic E-state index is 0.0328. The molecule has 0 fully saturated rings. The third-order valence-corrected chi connectivity index (χ3v) is 3.22. The lowest BCUT2D eigenvalue weighted by atomic mass is 10.2. The molecule has 1 aromatic carbocycles. The molecule has 5 nitrogen and oxygen atoms in total. The van der Waals surface area contributed by atoms with Crippen molar-refractivity contribution in [3.05, 3.63) is 29.8 Å². The van der Waals surface area contributed by atoms with Gasteiger partial charge in [0.25, 0.3) is 5.91 Å². The Bertz CT molecular complexity index is 497. The lowest BCUT2D eigenvalue weighted by Crippen LogP contribution is -2.25. The molecule has 0 aliphatic rings. The number of nitrogens with zero attached hydrogens (tertiary/aromatic N) is 1. The van der Waals surface area contributed by atoms with E-state index in [0.29, 0.717) is 18.5 Å². The van der Waals surface area contributed by atoms with Crippen LogP contribution in [0.1, 0.15) is 23.2 Å². The Balaban J connectivity index is 2.56. The molecule has 0 unspecified atom stereocenters. The first-order chi connectivity index (χ1) is 9.15. The number of hydrogen-bond acceptors (Lipinski definition) is 4. The van der Waals surface area contributed by atoms with Gasteiger partial charge >= 0.3 is 5.97 Å². The molecular formula is C13H14N2O3S. The number of nitriles is 1. The second-order valence-corrected chi connectivity index (χ2v) is 4.71. The minimum Gasteiger partial charge on any atom is -0.481 e. The summed E-state index contributed by atoms with van der Waals surface area (Å²) in [6.07, 6.45) is 0.430. The highest BCUT2D eigenvalue weighted by Crippen LogP contribution is 2.21. The maximum Gasteiger partial charge on any atom is 0.303 e. The normalized spacial score (nSPS) is 9.63. The van der Waals surface area contributed by atoms with Gasteiger partial charge < -0.3 is 10.4 Å². The van der Waals surface area contributed by atoms with Gasteiger partial charge in [-0.3, -0.25) is 9.59 Å². The summed E-state index contributed by atoms with van der Waals surface area (Å²) >= 11 is 1.30. The van der Waals surface area contributed by atoms with E-state index in [1.807, 2.05) is 6.07 Å². The molecule has 2 N–H and O–H groups in total. The van der Waals surface area contributed by atoms with Gasteiger partial charge in [0, 0.05) is 17.9 Å². The lowest BCUT2D eigenvalue weighted by molar-refractivity contribution is -0.137. The number of amides is 1. The molecule has 0 aliphatic carbocycles. The van der Waals surface area contributed by atoms with Crippen LogP contribution < -0.4 is 5.32 Å². The highest BCUT2D eigenvalue weighted by Gasteiger charge is 2.10. The fourth-order valence-corrected chi connectivity index (χ4v) is 2.14. The van der Waals surface area contributed by atoms with Crippen LogP contribution in [0, 0.1) is 11.3 Å². The molecule has 0 atom stereocenters. The number of nitrogens with one attached hydrogen (secondary N) is 1. The van der Waals surface area contributed by atoms with E-state index in [1.165, 1.54) is 11.8 Å². The second kappa shape index (κ2) is 8.16. The molecule has 0 aromatic heterocycles. The zero-order valence-corrected chi connectivity index (χ0v) is 11.1. The van der Waals surface area contributed by atoms with Crippen LogP contribution in [-0.2, 0) is 4.79 Å². The molecule has 1 rings (SSSR count). The number of aliphatic carboxylic acids is 1. The highest BCUT2D eigenvalue weighted by atomic mass is 32.2. The van der Waals surface area contributed by atoms with Crippen LogP contribution in [0.25, 0.3) is 0 Å². The largest absolute Gasteiger partial charge is 0.481 e. The summed E-state index contributed by atoms with van der Waals surface area (Å²) in [5.41, 5.74) is 0.512. The van der Waals surface area contributed by atoms with E-state index in [0.717, 1.165) is 4.90 Å². The van der Waals surface area contributed by atoms with Crippen molar-refractivity contribution >= 4 is 23.6 Å². The number of carbonyl (C=O) groups excluding carboxylic acids is 1. The summed E-state index contributed by atoms with van der Waals surface area (Å²) in [4.78, 5) is 23.0. The first-order valence-electron chi connectivity index (χ1n) is 5.74. The Morgan fingerprint density at radius 1 is 1.37 bits per heavy atom. The van der Waals surface area contributed by atoms with Crippen molar-refractivity contribution in [3.63, 3.8) is 0 Å². The van der Waals surface area contributed by atoms with Crippen molar-refractivity contribution in [1.82, 2.24) is 5.32 Å². The molecular weight excluding hydrogens is 264 g/mol. The zero-order chi connectivity index (χ0) is 14.1. The van der Waals surface area contributed by atoms with Crippen molar-refractivity contribution in [2.75, 3.05) is 12.3 Å². The predicted molar refractivity (Wildman–Crippen MR) is 72.0 cm³/mol. The van der Waals surface area contributed by atoms with Crippen molar-refractivity contribution < 1.29 is 14.7 Å². The Hall–Kier alpha value is -2.00. The Kier molecular flexibility index (Phi) is 6.47. The maximum atomic E-state index is 11.9. The Morgan fingerprint density at radius 3 is 2.79 bits per heavy atom. The van der Waals surface area contributed by atoms with Crippen LogP contribution in [0.2, 0.25) is 0 Å². The number of rotatable bonds is 7. The zero-order valence-electron chi connectivity index (χ0n) is 10.3. The minimum atomic E-state index is -0.876. The standard InChI is InChI=1S/C13H14N2O3S/c14-7-9-19-11-5-2-1-4-10(11)13(18)15-8-3-6-12(16)17/h1-2,4-5H,3,6,8-9H2,(H,15,18)(H,16,17). The van der Waals surface area contributed by atoms with E-state index in [9.17, 15) is 9.59 Å². The van der Waals surface area contributed by atoms with E-state index in [4.69, 9.17) is 10.4 Å². The first-order valence-corrected chi connectivity index (χ1v) is 6.72. The maximum absolute atomic E-state index is 11.9. The van der Waals surface area contributed by atoms with E-state index in [2.05, 4.69) is 5.32 Å². The molecule has 100 valence electrons. The van der Waals surface area contributed by atoms with Gasteiger partial charge in [-0.15, -0.1) is 11.8 Å². The number of carbonyl (C=O) groups is 2. The third kappa shape index (κ3) is 5.44. The van der Waals surface area contributed by atoms with Crippen LogP contribution in [0.5, 0.6) is 0 Å². The summed E-state index contributed by atoms with van der Waals surface area (Å²) in [7, 11) is 0. The molecule has 0 saturated carbocycles. The topological polar surface area (TPSA) is 90.2 Å². The third-order valence-electron chi connectivity index (χ3n) is 2.28. The van der Waals surface area contributed by atoms with Crippen LogP contribution in [-0.4, -0.2) is 29.3 Å². The number of thioether (sulfide) groups is 1. The molecule has 1 amide bonds. The van der Waals surface area contributed by atoms with Crippen molar-refractivity contribution in [1.29, 1.82) is 5.26 Å². The van der Waals surface area contributed by atoms with Gasteiger partial charge in [0.1, 0.15) is 0 Å². The van der Waals surface area contributed by atoms with Crippen LogP contribution in [0.4, 0.5) is 0 Å². The molecule has 0 aliphatic heterocycles. The van der Waals surface area contributed by atoms with Gasteiger partial charge in [0.05, 0.1) is 17.4 Å². The summed E-state index contributed by atoms with van der Waals surface area (Å²) in [6.45, 7) is 0.322. The second-order valence-electron chi connectivity index (χ2n) is 3.70. The van der Waals surface area contributed by atoms with Gasteiger partial charge in [-0.25, -0.2) is 0 Å². The molecule has 1 aromatic rings. The van der Waals surface area contributed by atoms with Crippen LogP contribution >= 0.6 is 11.8 Å². The number of carboxylic acids is 1. The molecule has 0 bridgehead atoms. The van der Waals surface area contributed by atoms with Crippen LogP contribution in [0.15, 0.2) is 29.2 Å². The molecule has 19 heavy (non-hydrogen) atoms. The lowest BCUT2D eigenvalue weighted by Gasteiger charge is -2.08. The van der Waals surface area contributed by atoms with Crippen molar-refractivity contribution in [2.24, 2.45) is 0 Å². The Morgan fingerprint density at radius 2 is 2.11 bits per heavy atom. The monoisotopic (exact) mass is 278 g/mol. The smallest absolute Gasteiger partial charge is 0.303 e. The summed E-state index contributed by atoms with van der Waals surface area (Å²) in [6, 6.07) is 9.04. The SMILES string of the molecule is N#CCSc1ccccc1C(=O)NCCCC(=O)O. The van der Waals surface area contributed by atoms with Gasteiger partial charge in [0.15, 0.2) is 0 Å². The summed E-state index contributed by atoms with van der Waals surface area (Å²) in [5, 5.41) is 19.7. The van der Waals surface area contributed by atoms with Gasteiger partial charge in [-0.1, -0.05) is 12.1 Å². The number of hydrogen-bond donors (Lipinski definition) is 2. The molecule has 0 saturated heterocycles. The van der Waals surface area contributed by atoms with Crippen molar-refractivity contribution in [3.8, 4) is 6.07 Å². The van der Waals surface area contributed by atoms with E-state index in [-0.39, 0.29) is 18.1 Å². The van der Waals surface area contributed by atoms with Gasteiger partial charge in [-0.05, 0) is 18.6 Å². The van der Waals surface area contributed by atoms with Crippen LogP contribution in [0.3, 0.4) is 0 Å². The van der Waals surface area contributed by atoms with Crippen molar-refractivity contribution in [2.45, 2.75) is 17.7 Å². The fraction of sp³-hybridized carbons (Fsp3) is 0.308. The highest BCUT2D eigenvalue weighted by molar-refractivity contribution is 7.99. The molecule has 0 spiro atoms. The molecule has 6 heteroatoms. The van der Waals surface area contributed by atoms with E-state index < -0.39 is 5.97 Å². The number of carboxylic acid groups (broad SMARTS) is 1. The average Bonchev–Trinajstić information content (AvgIpc) is 2.41. The van der Waals surface area contributed by atoms with Gasteiger partial charge in [0.2, 0.25) is 0 Å². The number of benzene rings is 1. The summed E-state index contributed by atoms with van der Waals surface area (Å²) in [5.74, 6) is -0.839. The van der Waals surface area contributed by atoms with Gasteiger partial charge in [-0.2, -0.15) is 5.26 Å². The molecule has 0 radical (unpaired) electrons. The predicted octanol–water partition coefficient (Wildman–Crippen LogP) is 1.90. The average molecular weight is 278 g/mol.